The van der Waals surface area contributed by atoms with Crippen LogP contribution in [0, 0.1) is 6.92 Å². The molecule has 0 bridgehead atoms. The summed E-state index contributed by atoms with van der Waals surface area (Å²) in [6.07, 6.45) is -7.26. The Hall–Kier alpha value is -4.55. The fourth-order valence-corrected chi connectivity index (χ4v) is 4.34. The molecule has 0 radical (unpaired) electrons. The molecule has 0 saturated heterocycles. The summed E-state index contributed by atoms with van der Waals surface area (Å²) in [5.41, 5.74) is 2.13. The number of aryl methyl sites for hydroxylation is 1. The van der Waals surface area contributed by atoms with Crippen LogP contribution in [0.4, 0.5) is 32.2 Å². The topological polar surface area (TPSA) is 110 Å². The van der Waals surface area contributed by atoms with Gasteiger partial charge in [0, 0.05) is 17.8 Å². The maximum Gasteiger partial charge on any atom is 0.418 e. The second-order valence-corrected chi connectivity index (χ2v) is 8.48. The van der Waals surface area contributed by atoms with E-state index < -0.39 is 52.0 Å². The van der Waals surface area contributed by atoms with Gasteiger partial charge in [-0.3, -0.25) is 9.78 Å². The summed E-state index contributed by atoms with van der Waals surface area (Å²) >= 11 is 0. The number of pyridine rings is 3. The molecule has 0 spiro atoms. The van der Waals surface area contributed by atoms with Crippen LogP contribution in [0.2, 0.25) is 0 Å². The summed E-state index contributed by atoms with van der Waals surface area (Å²) < 4.78 is 85.6. The van der Waals surface area contributed by atoms with Gasteiger partial charge in [0.1, 0.15) is 17.3 Å². The molecule has 0 saturated carbocycles. The van der Waals surface area contributed by atoms with Crippen LogP contribution in [0.15, 0.2) is 59.7 Å². The third kappa shape index (κ3) is 4.29. The SMILES string of the molecule is Cc1cc[nH]c(=O)c1-c1nc2c(C(F)(F)F)cccc2cc1[C@H](c1nc(N)c2ncccc2n1)C(F)(F)F. The van der Waals surface area contributed by atoms with Gasteiger partial charge in [0.25, 0.3) is 5.56 Å². The number of alkyl halides is 6. The van der Waals surface area contributed by atoms with Gasteiger partial charge >= 0.3 is 12.4 Å². The smallest absolute Gasteiger partial charge is 0.382 e. The van der Waals surface area contributed by atoms with Gasteiger partial charge in [0.2, 0.25) is 0 Å². The average Bonchev–Trinajstić information content (AvgIpc) is 2.82. The van der Waals surface area contributed by atoms with Crippen molar-refractivity contribution in [1.82, 2.24) is 24.9 Å². The van der Waals surface area contributed by atoms with Gasteiger partial charge in [-0.05, 0) is 48.4 Å². The van der Waals surface area contributed by atoms with E-state index in [2.05, 4.69) is 24.9 Å². The second kappa shape index (κ2) is 8.78. The highest BCUT2D eigenvalue weighted by Gasteiger charge is 2.46. The zero-order valence-corrected chi connectivity index (χ0v) is 19.3. The predicted molar refractivity (Wildman–Crippen MR) is 127 cm³/mol. The zero-order valence-electron chi connectivity index (χ0n) is 19.3. The van der Waals surface area contributed by atoms with Crippen LogP contribution in [0.1, 0.15) is 28.4 Å². The number of anilines is 1. The Kier molecular flexibility index (Phi) is 5.80. The Labute approximate surface area is 209 Å². The number of benzene rings is 1. The van der Waals surface area contributed by atoms with Crippen LogP contribution >= 0.6 is 0 Å². The van der Waals surface area contributed by atoms with Crippen LogP contribution in [0.5, 0.6) is 0 Å². The number of H-pyrrole nitrogens is 1. The number of rotatable bonds is 3. The lowest BCUT2D eigenvalue weighted by Gasteiger charge is -2.23. The molecule has 3 N–H and O–H groups in total. The quantitative estimate of drug-likeness (QED) is 0.297. The van der Waals surface area contributed by atoms with Crippen molar-refractivity contribution in [3.8, 4) is 11.3 Å². The number of para-hydroxylation sites is 1. The molecule has 1 atom stereocenters. The van der Waals surface area contributed by atoms with E-state index in [1.807, 2.05) is 0 Å². The van der Waals surface area contributed by atoms with Crippen molar-refractivity contribution in [3.05, 3.63) is 87.7 Å². The predicted octanol–water partition coefficient (Wildman–Crippen LogP) is 5.53. The number of fused-ring (bicyclic) bond motifs is 2. The number of nitrogens with zero attached hydrogens (tertiary/aromatic N) is 4. The Morgan fingerprint density at radius 1 is 0.947 bits per heavy atom. The summed E-state index contributed by atoms with van der Waals surface area (Å²) in [5.74, 6) is -3.67. The zero-order chi connectivity index (χ0) is 27.4. The Balaban J connectivity index is 1.92. The van der Waals surface area contributed by atoms with Gasteiger partial charge in [0.05, 0.1) is 27.9 Å². The Morgan fingerprint density at radius 2 is 1.71 bits per heavy atom. The summed E-state index contributed by atoms with van der Waals surface area (Å²) in [5, 5.41) is -0.215. The molecule has 0 fully saturated rings. The minimum atomic E-state index is -5.05. The molecule has 194 valence electrons. The molecule has 4 aromatic heterocycles. The third-order valence-corrected chi connectivity index (χ3v) is 5.98. The summed E-state index contributed by atoms with van der Waals surface area (Å²) in [6, 6.07) is 8.23. The lowest BCUT2D eigenvalue weighted by molar-refractivity contribution is -0.142. The highest BCUT2D eigenvalue weighted by atomic mass is 19.4. The lowest BCUT2D eigenvalue weighted by atomic mass is 9.90. The number of nitrogens with one attached hydrogen (secondary N) is 1. The molecule has 0 aliphatic carbocycles. The van der Waals surface area contributed by atoms with Crippen LogP contribution < -0.4 is 11.3 Å². The monoisotopic (exact) mass is 530 g/mol. The summed E-state index contributed by atoms with van der Waals surface area (Å²) in [7, 11) is 0. The standard InChI is InChI=1S/C25H16F6N6O/c1-11-7-9-34-23(38)16(11)19-13(10-12-4-2-5-14(18(12)36-19)24(26,27)28)17(25(29,30)31)22-35-15-6-3-8-33-20(15)21(32)37-22/h2-10,17H,1H3,(H,34,38)(H2,32,35,37)/t17-/m1/s1. The largest absolute Gasteiger partial charge is 0.418 e. The fraction of sp³-hybridized carbons (Fsp3) is 0.160. The molecule has 0 aliphatic heterocycles. The van der Waals surface area contributed by atoms with Crippen LogP contribution in [-0.2, 0) is 6.18 Å². The minimum absolute atomic E-state index is 0.0349. The normalized spacial score (nSPS) is 13.2. The molecule has 0 aliphatic rings. The van der Waals surface area contributed by atoms with E-state index in [-0.39, 0.29) is 33.4 Å². The minimum Gasteiger partial charge on any atom is -0.382 e. The average molecular weight is 530 g/mol. The first-order valence-electron chi connectivity index (χ1n) is 11.0. The van der Waals surface area contributed by atoms with Crippen molar-refractivity contribution < 1.29 is 26.3 Å². The van der Waals surface area contributed by atoms with Crippen molar-refractivity contribution >= 4 is 27.8 Å². The van der Waals surface area contributed by atoms with E-state index in [1.54, 1.807) is 0 Å². The first kappa shape index (κ1) is 25.1. The number of aromatic amines is 1. The molecule has 4 heterocycles. The first-order valence-corrected chi connectivity index (χ1v) is 11.0. The molecule has 7 nitrogen and oxygen atoms in total. The van der Waals surface area contributed by atoms with Gasteiger partial charge in [0.15, 0.2) is 5.82 Å². The van der Waals surface area contributed by atoms with Gasteiger partial charge in [-0.15, -0.1) is 0 Å². The fourth-order valence-electron chi connectivity index (χ4n) is 4.34. The maximum atomic E-state index is 14.8. The number of hydrogen-bond donors (Lipinski definition) is 2. The van der Waals surface area contributed by atoms with Gasteiger partial charge < -0.3 is 10.7 Å². The van der Waals surface area contributed by atoms with E-state index in [9.17, 15) is 31.1 Å². The highest BCUT2D eigenvalue weighted by molar-refractivity contribution is 5.88. The number of aromatic nitrogens is 5. The molecule has 5 aromatic rings. The molecule has 1 aromatic carbocycles. The third-order valence-electron chi connectivity index (χ3n) is 5.98. The van der Waals surface area contributed by atoms with Crippen molar-refractivity contribution in [2.24, 2.45) is 0 Å². The number of nitrogen functional groups attached to an aromatic ring is 1. The molecular weight excluding hydrogens is 514 g/mol. The van der Waals surface area contributed by atoms with E-state index in [0.717, 1.165) is 18.2 Å². The maximum absolute atomic E-state index is 14.8. The van der Waals surface area contributed by atoms with Gasteiger partial charge in [-0.25, -0.2) is 15.0 Å². The lowest BCUT2D eigenvalue weighted by Crippen LogP contribution is -2.26. The molecule has 5 rings (SSSR count). The van der Waals surface area contributed by atoms with Crippen molar-refractivity contribution in [1.29, 1.82) is 0 Å². The van der Waals surface area contributed by atoms with E-state index in [4.69, 9.17) is 5.73 Å². The van der Waals surface area contributed by atoms with E-state index in [1.165, 1.54) is 43.6 Å². The van der Waals surface area contributed by atoms with Gasteiger partial charge in [-0.1, -0.05) is 12.1 Å². The molecule has 0 unspecified atom stereocenters. The summed E-state index contributed by atoms with van der Waals surface area (Å²) in [4.78, 5) is 31.0. The summed E-state index contributed by atoms with van der Waals surface area (Å²) in [6.45, 7) is 1.44. The first-order chi connectivity index (χ1) is 17.9. The molecular formula is C25H16F6N6O. The van der Waals surface area contributed by atoms with Crippen LogP contribution in [0.3, 0.4) is 0 Å². The van der Waals surface area contributed by atoms with E-state index >= 15 is 0 Å². The van der Waals surface area contributed by atoms with Crippen LogP contribution in [0.25, 0.3) is 33.2 Å². The van der Waals surface area contributed by atoms with Crippen molar-refractivity contribution in [2.45, 2.75) is 25.2 Å². The Morgan fingerprint density at radius 3 is 2.39 bits per heavy atom. The molecule has 38 heavy (non-hydrogen) atoms. The highest BCUT2D eigenvalue weighted by Crippen LogP contribution is 2.45. The van der Waals surface area contributed by atoms with Crippen LogP contribution in [-0.4, -0.2) is 31.1 Å². The number of nitrogens with two attached hydrogens (primary N) is 1. The van der Waals surface area contributed by atoms with Gasteiger partial charge in [-0.2, -0.15) is 26.3 Å². The second-order valence-electron chi connectivity index (χ2n) is 8.48. The molecule has 0 amide bonds. The van der Waals surface area contributed by atoms with E-state index in [0.29, 0.717) is 0 Å². The number of halogens is 6. The number of hydrogen-bond acceptors (Lipinski definition) is 6. The Bertz CT molecular complexity index is 1760. The van der Waals surface area contributed by atoms with Crippen molar-refractivity contribution in [3.63, 3.8) is 0 Å². The molecule has 13 heteroatoms. The van der Waals surface area contributed by atoms with Crippen molar-refractivity contribution in [2.75, 3.05) is 5.73 Å².